The van der Waals surface area contributed by atoms with Crippen LogP contribution in [-0.2, 0) is 4.79 Å². The Morgan fingerprint density at radius 2 is 1.81 bits per heavy atom. The van der Waals surface area contributed by atoms with Crippen molar-refractivity contribution in [2.45, 2.75) is 70.3 Å². The molecular formula is C23H29N3O6. The van der Waals surface area contributed by atoms with Gasteiger partial charge in [0.25, 0.3) is 11.5 Å². The number of aliphatic carboxylic acids is 1. The molecule has 3 saturated carbocycles. The minimum atomic E-state index is -1.26. The Balaban J connectivity index is 1.70. The van der Waals surface area contributed by atoms with Gasteiger partial charge in [-0.15, -0.1) is 0 Å². The van der Waals surface area contributed by atoms with E-state index in [1.165, 1.54) is 10.1 Å². The lowest BCUT2D eigenvalue weighted by Gasteiger charge is -2.29. The van der Waals surface area contributed by atoms with Gasteiger partial charge in [-0.1, -0.05) is 19.3 Å². The van der Waals surface area contributed by atoms with Gasteiger partial charge in [-0.25, -0.2) is 9.36 Å². The van der Waals surface area contributed by atoms with Crippen molar-refractivity contribution in [3.63, 3.8) is 0 Å². The van der Waals surface area contributed by atoms with Gasteiger partial charge in [-0.2, -0.15) is 0 Å². The van der Waals surface area contributed by atoms with Gasteiger partial charge in [0.15, 0.2) is 5.56 Å². The fourth-order valence-electron chi connectivity index (χ4n) is 6.64. The van der Waals surface area contributed by atoms with Gasteiger partial charge >= 0.3 is 11.7 Å². The maximum atomic E-state index is 13.7. The molecule has 0 saturated heterocycles. The molecule has 5 rings (SSSR count). The van der Waals surface area contributed by atoms with E-state index in [9.17, 15) is 24.3 Å². The Hall–Kier alpha value is -2.84. The van der Waals surface area contributed by atoms with Gasteiger partial charge in [0.1, 0.15) is 6.54 Å². The van der Waals surface area contributed by atoms with Crippen LogP contribution in [0.25, 0.3) is 5.70 Å². The van der Waals surface area contributed by atoms with Crippen LogP contribution in [0.1, 0.15) is 80.6 Å². The third-order valence-corrected chi connectivity index (χ3v) is 7.98. The first-order chi connectivity index (χ1) is 15.4. The second-order valence-corrected chi connectivity index (χ2v) is 9.78. The van der Waals surface area contributed by atoms with Crippen LogP contribution in [0.5, 0.6) is 5.88 Å². The number of carboxylic acid groups (broad SMARTS) is 1. The third kappa shape index (κ3) is 3.29. The number of nitrogens with zero attached hydrogens (tertiary/aromatic N) is 2. The van der Waals surface area contributed by atoms with E-state index < -0.39 is 41.1 Å². The number of rotatable bonds is 5. The van der Waals surface area contributed by atoms with E-state index in [1.807, 2.05) is 0 Å². The maximum absolute atomic E-state index is 13.7. The number of fused-ring (bicyclic) bond motifs is 1. The number of carbonyl (C=O) groups excluding carboxylic acids is 1. The van der Waals surface area contributed by atoms with E-state index >= 15 is 0 Å². The Morgan fingerprint density at radius 3 is 2.53 bits per heavy atom. The number of aromatic hydroxyl groups is 1. The number of aromatic nitrogens is 2. The van der Waals surface area contributed by atoms with Crippen LogP contribution in [0.4, 0.5) is 0 Å². The van der Waals surface area contributed by atoms with E-state index in [-0.39, 0.29) is 6.04 Å². The summed E-state index contributed by atoms with van der Waals surface area (Å²) in [4.78, 5) is 50.7. The molecular weight excluding hydrogens is 414 g/mol. The molecule has 0 spiro atoms. The minimum absolute atomic E-state index is 0.330. The average Bonchev–Trinajstić information content (AvgIpc) is 3.29. The number of hydrogen-bond donors (Lipinski definition) is 3. The van der Waals surface area contributed by atoms with E-state index in [4.69, 9.17) is 5.11 Å². The molecule has 1 aromatic rings. The van der Waals surface area contributed by atoms with E-state index in [0.29, 0.717) is 37.0 Å². The molecule has 3 N–H and O–H groups in total. The Labute approximate surface area is 184 Å². The van der Waals surface area contributed by atoms with Crippen molar-refractivity contribution in [3.05, 3.63) is 32.0 Å². The molecule has 0 radical (unpaired) electrons. The highest BCUT2D eigenvalue weighted by atomic mass is 16.4. The summed E-state index contributed by atoms with van der Waals surface area (Å²) in [6.45, 7) is -0.681. The van der Waals surface area contributed by atoms with Crippen molar-refractivity contribution in [2.75, 3.05) is 6.54 Å². The lowest BCUT2D eigenvalue weighted by Crippen LogP contribution is -2.47. The number of hydrogen-bond acceptors (Lipinski definition) is 5. The van der Waals surface area contributed by atoms with Crippen molar-refractivity contribution in [2.24, 2.45) is 17.8 Å². The molecule has 1 heterocycles. The normalized spacial score (nSPS) is 27.1. The van der Waals surface area contributed by atoms with Crippen LogP contribution >= 0.6 is 0 Å². The van der Waals surface area contributed by atoms with Crippen molar-refractivity contribution in [1.29, 1.82) is 0 Å². The summed E-state index contributed by atoms with van der Waals surface area (Å²) < 4.78 is 2.35. The fraction of sp³-hybridized carbons (Fsp3) is 0.652. The molecule has 1 aromatic heterocycles. The first-order valence-electron chi connectivity index (χ1n) is 11.7. The van der Waals surface area contributed by atoms with Crippen molar-refractivity contribution in [1.82, 2.24) is 14.5 Å². The molecule has 4 aliphatic carbocycles. The van der Waals surface area contributed by atoms with Crippen molar-refractivity contribution < 1.29 is 19.8 Å². The summed E-state index contributed by atoms with van der Waals surface area (Å²) in [5, 5.41) is 22.2. The zero-order valence-corrected chi connectivity index (χ0v) is 18.0. The molecule has 0 aromatic carbocycles. The van der Waals surface area contributed by atoms with Crippen LogP contribution in [0.15, 0.2) is 15.2 Å². The van der Waals surface area contributed by atoms with E-state index in [2.05, 4.69) is 5.32 Å². The Morgan fingerprint density at radius 1 is 1.06 bits per heavy atom. The molecule has 1 unspecified atom stereocenters. The molecule has 1 amide bonds. The molecule has 0 aliphatic heterocycles. The highest BCUT2D eigenvalue weighted by molar-refractivity contribution is 5.97. The van der Waals surface area contributed by atoms with Crippen LogP contribution in [0.3, 0.4) is 0 Å². The van der Waals surface area contributed by atoms with Gasteiger partial charge < -0.3 is 15.5 Å². The smallest absolute Gasteiger partial charge is 0.338 e. The summed E-state index contributed by atoms with van der Waals surface area (Å²) >= 11 is 0. The molecule has 2 bridgehead atoms. The number of allylic oxidation sites excluding steroid dienone is 2. The fourth-order valence-corrected chi connectivity index (χ4v) is 6.64. The molecule has 3 atom stereocenters. The van der Waals surface area contributed by atoms with Gasteiger partial charge in [-0.05, 0) is 68.3 Å². The largest absolute Gasteiger partial charge is 0.493 e. The van der Waals surface area contributed by atoms with E-state index in [1.54, 1.807) is 0 Å². The quantitative estimate of drug-likeness (QED) is 0.639. The summed E-state index contributed by atoms with van der Waals surface area (Å²) in [6, 6.07) is -0.330. The first-order valence-corrected chi connectivity index (χ1v) is 11.7. The van der Waals surface area contributed by atoms with Crippen LogP contribution in [0.2, 0.25) is 0 Å². The Kier molecular flexibility index (Phi) is 5.22. The second kappa shape index (κ2) is 7.94. The summed E-state index contributed by atoms with van der Waals surface area (Å²) in [7, 11) is 0. The highest BCUT2D eigenvalue weighted by Gasteiger charge is 2.46. The lowest BCUT2D eigenvalue weighted by molar-refractivity contribution is -0.135. The maximum Gasteiger partial charge on any atom is 0.338 e. The second-order valence-electron chi connectivity index (χ2n) is 9.78. The summed E-state index contributed by atoms with van der Waals surface area (Å²) in [5.41, 5.74) is -0.0527. The highest BCUT2D eigenvalue weighted by Crippen LogP contribution is 2.57. The molecule has 9 heteroatoms. The lowest BCUT2D eigenvalue weighted by atomic mass is 9.86. The van der Waals surface area contributed by atoms with Gasteiger partial charge in [0, 0.05) is 11.7 Å². The molecule has 4 aliphatic rings. The van der Waals surface area contributed by atoms with Crippen molar-refractivity contribution >= 4 is 17.6 Å². The number of carboxylic acids is 1. The standard InChI is InChI=1S/C23H29N3O6/c27-18(28)11-24-20(29)19-21(30)25(14-4-2-1-3-5-14)23(32)26(22(19)31)17-10-12-8-13-6-7-15(17)16(13)9-12/h12-14,16,31H,1-11H2,(H,24,29)(H,27,28)/t12-,13-,16?/m0/s1. The summed E-state index contributed by atoms with van der Waals surface area (Å²) in [5.74, 6) is -1.43. The summed E-state index contributed by atoms with van der Waals surface area (Å²) in [6.07, 6.45) is 8.93. The van der Waals surface area contributed by atoms with Crippen LogP contribution < -0.4 is 16.6 Å². The Bertz CT molecular complexity index is 1120. The van der Waals surface area contributed by atoms with E-state index in [0.717, 1.165) is 55.2 Å². The SMILES string of the molecule is O=C(O)CNC(=O)c1c(O)n(C2=C3CC[C@H]4C[C@H](C2)CC34)c(=O)n(C2CCCCC2)c1=O. The molecule has 172 valence electrons. The molecule has 32 heavy (non-hydrogen) atoms. The molecule has 3 fully saturated rings. The number of amides is 1. The molecule has 9 nitrogen and oxygen atoms in total. The van der Waals surface area contributed by atoms with Gasteiger partial charge in [-0.3, -0.25) is 19.0 Å². The number of nitrogens with one attached hydrogen (secondary N) is 1. The van der Waals surface area contributed by atoms with Crippen LogP contribution in [-0.4, -0.2) is 37.8 Å². The predicted molar refractivity (Wildman–Crippen MR) is 115 cm³/mol. The van der Waals surface area contributed by atoms with Crippen molar-refractivity contribution in [3.8, 4) is 5.88 Å². The topological polar surface area (TPSA) is 131 Å². The zero-order chi connectivity index (χ0) is 22.6. The first kappa shape index (κ1) is 21.0. The minimum Gasteiger partial charge on any atom is -0.493 e. The third-order valence-electron chi connectivity index (χ3n) is 7.98. The predicted octanol–water partition coefficient (Wildman–Crippen LogP) is 2.09. The van der Waals surface area contributed by atoms with Crippen LogP contribution in [0, 0.1) is 17.8 Å². The number of carbonyl (C=O) groups is 2. The monoisotopic (exact) mass is 443 g/mol. The average molecular weight is 444 g/mol. The zero-order valence-electron chi connectivity index (χ0n) is 18.0. The van der Waals surface area contributed by atoms with Gasteiger partial charge in [0.05, 0.1) is 0 Å². The van der Waals surface area contributed by atoms with Gasteiger partial charge in [0.2, 0.25) is 5.88 Å².